The molecule has 0 saturated heterocycles. The van der Waals surface area contributed by atoms with Gasteiger partial charge in [-0.3, -0.25) is 9.00 Å². The number of nitrogens with zero attached hydrogens (tertiary/aromatic N) is 1. The molecule has 1 amide bonds. The van der Waals surface area contributed by atoms with E-state index in [9.17, 15) is 13.8 Å². The van der Waals surface area contributed by atoms with Gasteiger partial charge in [-0.2, -0.15) is 0 Å². The van der Waals surface area contributed by atoms with E-state index in [0.29, 0.717) is 27.7 Å². The molecule has 1 atom stereocenters. The van der Waals surface area contributed by atoms with Gasteiger partial charge in [0.1, 0.15) is 17.1 Å². The number of hydrogen-bond acceptors (Lipinski definition) is 4. The summed E-state index contributed by atoms with van der Waals surface area (Å²) in [4.78, 5) is 25.6. The Morgan fingerprint density at radius 1 is 1.25 bits per heavy atom. The Morgan fingerprint density at radius 2 is 1.92 bits per heavy atom. The zero-order valence-electron chi connectivity index (χ0n) is 13.7. The minimum atomic E-state index is -1.24. The fraction of sp³-hybridized carbons (Fsp3) is 0.294. The van der Waals surface area contributed by atoms with Crippen molar-refractivity contribution in [1.82, 2.24) is 4.90 Å². The van der Waals surface area contributed by atoms with E-state index in [4.69, 9.17) is 9.52 Å². The van der Waals surface area contributed by atoms with E-state index in [2.05, 4.69) is 0 Å². The molecule has 1 heterocycles. The summed E-state index contributed by atoms with van der Waals surface area (Å²) in [5, 5.41) is 9.05. The number of amides is 1. The molecule has 2 aromatic rings. The standard InChI is InChI=1S/C17H19NO5S/c1-4-24(22)15-8-6-5-7-13(15)16(19)18(3)10-12-9-14(17(20)21)11(2)23-12/h5-9H,4,10H2,1-3H3,(H,20,21). The van der Waals surface area contributed by atoms with E-state index < -0.39 is 16.8 Å². The first-order valence-electron chi connectivity index (χ1n) is 7.40. The largest absolute Gasteiger partial charge is 0.478 e. The molecule has 128 valence electrons. The fourth-order valence-electron chi connectivity index (χ4n) is 2.34. The lowest BCUT2D eigenvalue weighted by Gasteiger charge is -2.17. The van der Waals surface area contributed by atoms with Crippen molar-refractivity contribution in [2.45, 2.75) is 25.3 Å². The zero-order chi connectivity index (χ0) is 17.9. The summed E-state index contributed by atoms with van der Waals surface area (Å²) in [6.07, 6.45) is 0. The quantitative estimate of drug-likeness (QED) is 0.866. The number of rotatable bonds is 6. The Bertz CT molecular complexity index is 796. The van der Waals surface area contributed by atoms with Crippen LogP contribution in [0.25, 0.3) is 0 Å². The van der Waals surface area contributed by atoms with Crippen molar-refractivity contribution in [3.8, 4) is 0 Å². The van der Waals surface area contributed by atoms with Crippen molar-refractivity contribution in [2.24, 2.45) is 0 Å². The maximum absolute atomic E-state index is 12.6. The van der Waals surface area contributed by atoms with E-state index in [1.807, 2.05) is 0 Å². The predicted molar refractivity (Wildman–Crippen MR) is 89.6 cm³/mol. The lowest BCUT2D eigenvalue weighted by molar-refractivity contribution is 0.0694. The molecular formula is C17H19NO5S. The Hall–Kier alpha value is -2.41. The van der Waals surface area contributed by atoms with Crippen molar-refractivity contribution in [2.75, 3.05) is 12.8 Å². The van der Waals surface area contributed by atoms with Gasteiger partial charge in [-0.1, -0.05) is 19.1 Å². The van der Waals surface area contributed by atoms with Crippen LogP contribution in [-0.4, -0.2) is 38.9 Å². The number of carboxylic acid groups (broad SMARTS) is 1. The number of furan rings is 1. The van der Waals surface area contributed by atoms with E-state index in [-0.39, 0.29) is 18.0 Å². The fourth-order valence-corrected chi connectivity index (χ4v) is 3.28. The molecule has 7 heteroatoms. The third-order valence-corrected chi connectivity index (χ3v) is 4.93. The van der Waals surface area contributed by atoms with Crippen LogP contribution in [0, 0.1) is 6.92 Å². The van der Waals surface area contributed by atoms with E-state index in [0.717, 1.165) is 0 Å². The zero-order valence-corrected chi connectivity index (χ0v) is 14.6. The van der Waals surface area contributed by atoms with Crippen LogP contribution in [0.3, 0.4) is 0 Å². The van der Waals surface area contributed by atoms with Crippen LogP contribution < -0.4 is 0 Å². The molecule has 1 unspecified atom stereocenters. The first-order chi connectivity index (χ1) is 11.3. The third-order valence-electron chi connectivity index (χ3n) is 3.56. The van der Waals surface area contributed by atoms with Crippen LogP contribution in [0.5, 0.6) is 0 Å². The Morgan fingerprint density at radius 3 is 2.50 bits per heavy atom. The maximum atomic E-state index is 12.6. The molecule has 0 bridgehead atoms. The highest BCUT2D eigenvalue weighted by atomic mass is 32.2. The van der Waals surface area contributed by atoms with Gasteiger partial charge in [0.2, 0.25) is 0 Å². The van der Waals surface area contributed by atoms with Crippen LogP contribution in [0.1, 0.15) is 39.2 Å². The summed E-state index contributed by atoms with van der Waals surface area (Å²) in [7, 11) is 0.350. The van der Waals surface area contributed by atoms with Gasteiger partial charge in [-0.25, -0.2) is 4.79 Å². The second-order valence-corrected chi connectivity index (χ2v) is 6.99. The van der Waals surface area contributed by atoms with Crippen LogP contribution >= 0.6 is 0 Å². The van der Waals surface area contributed by atoms with Crippen molar-refractivity contribution < 1.29 is 23.3 Å². The average molecular weight is 349 g/mol. The van der Waals surface area contributed by atoms with Gasteiger partial charge < -0.3 is 14.4 Å². The lowest BCUT2D eigenvalue weighted by atomic mass is 10.2. The molecule has 2 rings (SSSR count). The molecule has 0 aliphatic rings. The Kier molecular flexibility index (Phi) is 5.56. The normalized spacial score (nSPS) is 12.0. The average Bonchev–Trinajstić information content (AvgIpc) is 2.93. The second kappa shape index (κ2) is 7.44. The molecule has 0 aliphatic carbocycles. The van der Waals surface area contributed by atoms with Gasteiger partial charge >= 0.3 is 5.97 Å². The monoisotopic (exact) mass is 349 g/mol. The minimum Gasteiger partial charge on any atom is -0.478 e. The Labute approximate surface area is 142 Å². The highest BCUT2D eigenvalue weighted by Gasteiger charge is 2.20. The molecule has 1 N–H and O–H groups in total. The predicted octanol–water partition coefficient (Wildman–Crippen LogP) is 2.69. The molecule has 24 heavy (non-hydrogen) atoms. The highest BCUT2D eigenvalue weighted by molar-refractivity contribution is 7.85. The molecule has 0 aliphatic heterocycles. The van der Waals surface area contributed by atoms with E-state index >= 15 is 0 Å². The number of carboxylic acids is 1. The summed E-state index contributed by atoms with van der Waals surface area (Å²) < 4.78 is 17.5. The number of carbonyl (C=O) groups is 2. The molecule has 0 radical (unpaired) electrons. The van der Waals surface area contributed by atoms with E-state index in [1.54, 1.807) is 45.2 Å². The molecule has 0 fully saturated rings. The van der Waals surface area contributed by atoms with Gasteiger partial charge in [-0.05, 0) is 25.1 Å². The topological polar surface area (TPSA) is 87.8 Å². The van der Waals surface area contributed by atoms with Crippen LogP contribution in [0.4, 0.5) is 0 Å². The lowest BCUT2D eigenvalue weighted by Crippen LogP contribution is -2.27. The number of benzene rings is 1. The van der Waals surface area contributed by atoms with Crippen LogP contribution in [0.15, 0.2) is 39.6 Å². The molecule has 1 aromatic heterocycles. The summed E-state index contributed by atoms with van der Waals surface area (Å²) in [6, 6.07) is 8.20. The van der Waals surface area contributed by atoms with Crippen LogP contribution in [-0.2, 0) is 17.3 Å². The van der Waals surface area contributed by atoms with Crippen molar-refractivity contribution in [1.29, 1.82) is 0 Å². The number of hydrogen-bond donors (Lipinski definition) is 1. The summed E-state index contributed by atoms with van der Waals surface area (Å²) in [5.74, 6) is -0.257. The summed E-state index contributed by atoms with van der Waals surface area (Å²) >= 11 is 0. The third kappa shape index (κ3) is 3.73. The molecule has 1 aromatic carbocycles. The number of aromatic carboxylic acids is 1. The van der Waals surface area contributed by atoms with Gasteiger partial charge in [0.15, 0.2) is 0 Å². The summed E-state index contributed by atoms with van der Waals surface area (Å²) in [6.45, 7) is 3.48. The summed E-state index contributed by atoms with van der Waals surface area (Å²) in [5.41, 5.74) is 0.459. The number of carbonyl (C=O) groups excluding carboxylic acids is 1. The Balaban J connectivity index is 2.23. The van der Waals surface area contributed by atoms with Crippen molar-refractivity contribution >= 4 is 22.7 Å². The van der Waals surface area contributed by atoms with Gasteiger partial charge in [-0.15, -0.1) is 0 Å². The molecule has 6 nitrogen and oxygen atoms in total. The SMILES string of the molecule is CCS(=O)c1ccccc1C(=O)N(C)Cc1cc(C(=O)O)c(C)o1. The van der Waals surface area contributed by atoms with Crippen molar-refractivity contribution in [3.05, 3.63) is 53.0 Å². The maximum Gasteiger partial charge on any atom is 0.339 e. The van der Waals surface area contributed by atoms with E-state index in [1.165, 1.54) is 11.0 Å². The first kappa shape index (κ1) is 17.9. The molecular weight excluding hydrogens is 330 g/mol. The molecule has 0 saturated carbocycles. The smallest absolute Gasteiger partial charge is 0.339 e. The highest BCUT2D eigenvalue weighted by Crippen LogP contribution is 2.19. The van der Waals surface area contributed by atoms with Gasteiger partial charge in [0.25, 0.3) is 5.91 Å². The number of aryl methyl sites for hydroxylation is 1. The van der Waals surface area contributed by atoms with Gasteiger partial charge in [0, 0.05) is 12.8 Å². The first-order valence-corrected chi connectivity index (χ1v) is 8.72. The molecule has 0 spiro atoms. The minimum absolute atomic E-state index is 0.0818. The second-order valence-electron chi connectivity index (χ2n) is 5.28. The van der Waals surface area contributed by atoms with Gasteiger partial charge in [0.05, 0.1) is 27.8 Å². The van der Waals surface area contributed by atoms with Crippen LogP contribution in [0.2, 0.25) is 0 Å². The van der Waals surface area contributed by atoms with Crippen molar-refractivity contribution in [3.63, 3.8) is 0 Å².